The summed E-state index contributed by atoms with van der Waals surface area (Å²) >= 11 is 0. The molecule has 8 nitrogen and oxygen atoms in total. The number of aryl methyl sites for hydroxylation is 1. The summed E-state index contributed by atoms with van der Waals surface area (Å²) in [5, 5.41) is 11.3. The molecule has 0 saturated carbocycles. The lowest BCUT2D eigenvalue weighted by molar-refractivity contribution is -0.128. The minimum absolute atomic E-state index is 0.201. The molecule has 1 atom stereocenters. The molecule has 1 N–H and O–H groups in total. The van der Waals surface area contributed by atoms with E-state index in [1.165, 1.54) is 15.6 Å². The number of rotatable bonds is 9. The minimum Gasteiger partial charge on any atom is -0.497 e. The van der Waals surface area contributed by atoms with Crippen molar-refractivity contribution in [2.45, 2.75) is 52.2 Å². The number of carbonyl (C=O) groups excluding carboxylic acids is 2. The van der Waals surface area contributed by atoms with Crippen LogP contribution in [0, 0.1) is 12.7 Å². The molecule has 4 aromatic rings. The summed E-state index contributed by atoms with van der Waals surface area (Å²) in [5.41, 5.74) is 2.02. The van der Waals surface area contributed by atoms with Crippen LogP contribution in [0.2, 0.25) is 0 Å². The van der Waals surface area contributed by atoms with Crippen LogP contribution in [0.4, 0.5) is 10.1 Å². The normalized spacial score (nSPS) is 12.3. The molecule has 1 aromatic heterocycles. The quantitative estimate of drug-likeness (QED) is 0.339. The van der Waals surface area contributed by atoms with Crippen molar-refractivity contribution in [2.24, 2.45) is 0 Å². The Labute approximate surface area is 221 Å². The topological polar surface area (TPSA) is 89.4 Å². The molecule has 0 saturated heterocycles. The van der Waals surface area contributed by atoms with Crippen LogP contribution in [-0.4, -0.2) is 39.5 Å². The second kappa shape index (κ2) is 11.0. The van der Waals surface area contributed by atoms with Gasteiger partial charge in [0.2, 0.25) is 11.8 Å². The molecule has 0 spiro atoms. The van der Waals surface area contributed by atoms with Gasteiger partial charge in [-0.25, -0.2) is 9.07 Å². The third kappa shape index (κ3) is 5.66. The highest BCUT2D eigenvalue weighted by Gasteiger charge is 2.35. The minimum atomic E-state index is -1.09. The predicted octanol–water partition coefficient (Wildman–Crippen LogP) is 4.97. The number of hydrogen-bond donors (Lipinski definition) is 1. The van der Waals surface area contributed by atoms with Gasteiger partial charge in [0.15, 0.2) is 0 Å². The molecule has 4 rings (SSSR count). The smallest absolute Gasteiger partial charge is 0.249 e. The summed E-state index contributed by atoms with van der Waals surface area (Å²) in [6.45, 7) is 7.23. The first-order valence-electron chi connectivity index (χ1n) is 12.5. The molecule has 9 heteroatoms. The molecule has 0 aliphatic carbocycles. The Morgan fingerprint density at radius 2 is 1.82 bits per heavy atom. The van der Waals surface area contributed by atoms with Gasteiger partial charge in [-0.3, -0.25) is 14.5 Å². The zero-order chi connectivity index (χ0) is 27.4. The third-order valence-electron chi connectivity index (χ3n) is 6.69. The number of para-hydroxylation sites is 1. The Balaban J connectivity index is 1.84. The highest BCUT2D eigenvalue weighted by atomic mass is 19.1. The van der Waals surface area contributed by atoms with Crippen molar-refractivity contribution < 1.29 is 18.7 Å². The lowest BCUT2D eigenvalue weighted by Crippen LogP contribution is -2.51. The van der Waals surface area contributed by atoms with Crippen LogP contribution in [0.15, 0.2) is 66.7 Å². The summed E-state index contributed by atoms with van der Waals surface area (Å²) in [6.07, 6.45) is 0.673. The van der Waals surface area contributed by atoms with E-state index in [-0.39, 0.29) is 18.1 Å². The van der Waals surface area contributed by atoms with Crippen LogP contribution in [0.1, 0.15) is 44.4 Å². The van der Waals surface area contributed by atoms with Gasteiger partial charge in [0.25, 0.3) is 0 Å². The van der Waals surface area contributed by atoms with Crippen LogP contribution in [-0.2, 0) is 16.1 Å². The van der Waals surface area contributed by atoms with E-state index in [0.29, 0.717) is 34.3 Å². The molecule has 38 heavy (non-hydrogen) atoms. The predicted molar refractivity (Wildman–Crippen MR) is 144 cm³/mol. The lowest BCUT2D eigenvalue weighted by atomic mass is 9.98. The van der Waals surface area contributed by atoms with E-state index in [9.17, 15) is 14.0 Å². The van der Waals surface area contributed by atoms with E-state index >= 15 is 0 Å². The zero-order valence-electron chi connectivity index (χ0n) is 22.2. The molecule has 1 heterocycles. The third-order valence-corrected chi connectivity index (χ3v) is 6.69. The fraction of sp³-hybridized carbons (Fsp3) is 0.310. The average Bonchev–Trinajstić information content (AvgIpc) is 3.31. The number of aromatic nitrogens is 3. The highest BCUT2D eigenvalue weighted by molar-refractivity contribution is 6.01. The van der Waals surface area contributed by atoms with Crippen molar-refractivity contribution in [3.63, 3.8) is 0 Å². The highest BCUT2D eigenvalue weighted by Crippen LogP contribution is 2.31. The Morgan fingerprint density at radius 3 is 2.47 bits per heavy atom. The molecule has 0 aliphatic rings. The molecule has 198 valence electrons. The second-order valence-corrected chi connectivity index (χ2v) is 9.84. The number of ether oxygens (including phenoxy) is 1. The van der Waals surface area contributed by atoms with E-state index in [4.69, 9.17) is 4.74 Å². The van der Waals surface area contributed by atoms with Gasteiger partial charge in [0.1, 0.15) is 29.7 Å². The zero-order valence-corrected chi connectivity index (χ0v) is 22.2. The first-order valence-corrected chi connectivity index (χ1v) is 12.5. The number of nitrogens with one attached hydrogen (secondary N) is 1. The Morgan fingerprint density at radius 1 is 1.11 bits per heavy atom. The average molecular weight is 518 g/mol. The van der Waals surface area contributed by atoms with Crippen molar-refractivity contribution in [1.82, 2.24) is 20.3 Å². The van der Waals surface area contributed by atoms with E-state index < -0.39 is 23.3 Å². The molecule has 0 radical (unpaired) electrons. The number of carbonyl (C=O) groups is 2. The van der Waals surface area contributed by atoms with Crippen LogP contribution in [0.25, 0.3) is 11.0 Å². The van der Waals surface area contributed by atoms with Crippen molar-refractivity contribution in [3.8, 4) is 5.75 Å². The van der Waals surface area contributed by atoms with Gasteiger partial charge in [-0.15, -0.1) is 5.10 Å². The van der Waals surface area contributed by atoms with Gasteiger partial charge in [-0.1, -0.05) is 42.5 Å². The van der Waals surface area contributed by atoms with Gasteiger partial charge in [0, 0.05) is 11.2 Å². The summed E-state index contributed by atoms with van der Waals surface area (Å²) in [7, 11) is 1.55. The number of fused-ring (bicyclic) bond motifs is 1. The van der Waals surface area contributed by atoms with Crippen molar-refractivity contribution in [1.29, 1.82) is 0 Å². The molecule has 0 fully saturated rings. The summed E-state index contributed by atoms with van der Waals surface area (Å²) in [6, 6.07) is 17.6. The fourth-order valence-electron chi connectivity index (χ4n) is 4.10. The Bertz CT molecular complexity index is 1450. The van der Waals surface area contributed by atoms with Crippen molar-refractivity contribution in [2.75, 3.05) is 12.0 Å². The molecule has 0 aliphatic heterocycles. The fourth-order valence-corrected chi connectivity index (χ4v) is 4.10. The van der Waals surface area contributed by atoms with Crippen molar-refractivity contribution >= 4 is 28.5 Å². The van der Waals surface area contributed by atoms with Crippen molar-refractivity contribution in [3.05, 3.63) is 83.7 Å². The molecular weight excluding hydrogens is 485 g/mol. The molecule has 0 unspecified atom stereocenters. The van der Waals surface area contributed by atoms with E-state index in [1.54, 1.807) is 56.5 Å². The largest absolute Gasteiger partial charge is 0.497 e. The summed E-state index contributed by atoms with van der Waals surface area (Å²) < 4.78 is 21.6. The van der Waals surface area contributed by atoms with E-state index in [0.717, 1.165) is 0 Å². The van der Waals surface area contributed by atoms with Crippen LogP contribution in [0.3, 0.4) is 0 Å². The van der Waals surface area contributed by atoms with Crippen LogP contribution in [0.5, 0.6) is 5.75 Å². The Hall–Kier alpha value is -4.27. The van der Waals surface area contributed by atoms with Gasteiger partial charge < -0.3 is 10.1 Å². The first kappa shape index (κ1) is 26.8. The molecule has 0 bridgehead atoms. The SMILES string of the molecule is CCC(C)(C)NC(=O)[C@H](c1ccc(OC)cc1)N(C(=O)Cn1nnc2ccccc21)c1ccc(C)c(F)c1. The van der Waals surface area contributed by atoms with Crippen LogP contribution < -0.4 is 15.0 Å². The number of halogens is 1. The van der Waals surface area contributed by atoms with Gasteiger partial charge in [-0.05, 0) is 74.7 Å². The monoisotopic (exact) mass is 517 g/mol. The standard InChI is InChI=1S/C29H32FN5O3/c1-6-29(3,4)31-28(37)27(20-12-15-22(38-5)16-13-20)35(21-14-11-19(2)23(30)17-21)26(36)18-34-25-10-8-7-9-24(25)32-33-34/h7-17,27H,6,18H2,1-5H3,(H,31,37)/t27-/m0/s1. The summed E-state index contributed by atoms with van der Waals surface area (Å²) in [4.78, 5) is 29.3. The molecule has 2 amide bonds. The number of nitrogens with zero attached hydrogens (tertiary/aromatic N) is 4. The maximum Gasteiger partial charge on any atom is 0.249 e. The maximum absolute atomic E-state index is 14.8. The van der Waals surface area contributed by atoms with Crippen LogP contribution >= 0.6 is 0 Å². The summed E-state index contributed by atoms with van der Waals surface area (Å²) in [5.74, 6) is -0.710. The second-order valence-electron chi connectivity index (χ2n) is 9.84. The number of hydrogen-bond acceptors (Lipinski definition) is 5. The number of amides is 2. The number of methoxy groups -OCH3 is 1. The van der Waals surface area contributed by atoms with E-state index in [1.807, 2.05) is 39.0 Å². The van der Waals surface area contributed by atoms with Gasteiger partial charge in [0.05, 0.1) is 12.6 Å². The lowest BCUT2D eigenvalue weighted by Gasteiger charge is -2.34. The number of benzene rings is 3. The number of anilines is 1. The Kier molecular flexibility index (Phi) is 7.75. The van der Waals surface area contributed by atoms with E-state index in [2.05, 4.69) is 15.6 Å². The maximum atomic E-state index is 14.8. The molecular formula is C29H32FN5O3. The van der Waals surface area contributed by atoms with Gasteiger partial charge in [-0.2, -0.15) is 0 Å². The first-order chi connectivity index (χ1) is 18.1. The molecule has 3 aromatic carbocycles. The van der Waals surface area contributed by atoms with Gasteiger partial charge >= 0.3 is 0 Å².